The maximum absolute atomic E-state index is 13.7. The highest BCUT2D eigenvalue weighted by atomic mass is 16.3. The highest BCUT2D eigenvalue weighted by Crippen LogP contribution is 2.31. The summed E-state index contributed by atoms with van der Waals surface area (Å²) in [4.78, 5) is 38.3. The zero-order chi connectivity index (χ0) is 35.5. The summed E-state index contributed by atoms with van der Waals surface area (Å²) >= 11 is 0. The predicted molar refractivity (Wildman–Crippen MR) is 201 cm³/mol. The number of aromatic nitrogens is 4. The van der Waals surface area contributed by atoms with E-state index in [1.54, 1.807) is 4.68 Å². The van der Waals surface area contributed by atoms with Crippen molar-refractivity contribution in [3.05, 3.63) is 83.6 Å². The van der Waals surface area contributed by atoms with Crippen molar-refractivity contribution in [3.8, 4) is 22.7 Å². The van der Waals surface area contributed by atoms with Crippen molar-refractivity contribution >= 4 is 28.6 Å². The summed E-state index contributed by atoms with van der Waals surface area (Å²) in [5, 5.41) is 8.85. The zero-order valence-electron chi connectivity index (χ0n) is 30.3. The molecule has 1 unspecified atom stereocenters. The van der Waals surface area contributed by atoms with Gasteiger partial charge in [-0.2, -0.15) is 0 Å². The van der Waals surface area contributed by atoms with E-state index in [-0.39, 0.29) is 23.9 Å². The standard InChI is InChI=1S/C41H49N7O3/c1-5-7-20-45(21-8-6-2)33-14-11-30(12-15-33)36-27-48(44-43-36)37-19-24-47(41(37)50)34-17-22-46(23-18-34)40(49)32-13-16-38-35(26-32)42-39(51-38)31-10-9-28(3)29(4)25-31/h9-16,25-27,34,37H,5-8,17-24H2,1-4H3. The zero-order valence-corrected chi connectivity index (χ0v) is 30.3. The number of hydrogen-bond acceptors (Lipinski definition) is 7. The van der Waals surface area contributed by atoms with Gasteiger partial charge in [0.1, 0.15) is 17.3 Å². The highest BCUT2D eigenvalue weighted by Gasteiger charge is 2.39. The van der Waals surface area contributed by atoms with Crippen LogP contribution in [0.5, 0.6) is 0 Å². The molecule has 4 heterocycles. The average molecular weight is 688 g/mol. The Hall–Kier alpha value is -4.99. The summed E-state index contributed by atoms with van der Waals surface area (Å²) in [6.45, 7) is 12.6. The van der Waals surface area contributed by atoms with Gasteiger partial charge in [-0.3, -0.25) is 9.59 Å². The Morgan fingerprint density at radius 2 is 1.59 bits per heavy atom. The van der Waals surface area contributed by atoms with Crippen molar-refractivity contribution in [1.82, 2.24) is 29.8 Å². The largest absolute Gasteiger partial charge is 0.436 e. The molecule has 2 aliphatic heterocycles. The molecule has 0 spiro atoms. The number of likely N-dealkylation sites (tertiary alicyclic amines) is 2. The first kappa shape index (κ1) is 34.5. The number of aryl methyl sites for hydroxylation is 2. The van der Waals surface area contributed by atoms with Gasteiger partial charge >= 0.3 is 0 Å². The fourth-order valence-corrected chi connectivity index (χ4v) is 7.39. The number of oxazole rings is 1. The third-order valence-corrected chi connectivity index (χ3v) is 10.7. The van der Waals surface area contributed by atoms with E-state index in [4.69, 9.17) is 9.40 Å². The first-order valence-electron chi connectivity index (χ1n) is 18.7. The maximum Gasteiger partial charge on any atom is 0.253 e. The number of carbonyl (C=O) groups excluding carboxylic acids is 2. The van der Waals surface area contributed by atoms with Crippen LogP contribution in [-0.4, -0.2) is 80.4 Å². The van der Waals surface area contributed by atoms with Crippen LogP contribution in [0.1, 0.15) is 86.3 Å². The third-order valence-electron chi connectivity index (χ3n) is 10.7. The predicted octanol–water partition coefficient (Wildman–Crippen LogP) is 7.85. The van der Waals surface area contributed by atoms with Gasteiger partial charge in [0.2, 0.25) is 11.8 Å². The molecule has 10 nitrogen and oxygen atoms in total. The van der Waals surface area contributed by atoms with Crippen LogP contribution in [0.3, 0.4) is 0 Å². The van der Waals surface area contributed by atoms with Crippen molar-refractivity contribution < 1.29 is 14.0 Å². The lowest BCUT2D eigenvalue weighted by Crippen LogP contribution is -2.47. The van der Waals surface area contributed by atoms with Crippen LogP contribution < -0.4 is 4.90 Å². The van der Waals surface area contributed by atoms with Crippen LogP contribution in [0.2, 0.25) is 0 Å². The van der Waals surface area contributed by atoms with Crippen LogP contribution in [0.15, 0.2) is 71.3 Å². The summed E-state index contributed by atoms with van der Waals surface area (Å²) in [5.74, 6) is 0.620. The molecule has 3 aromatic carbocycles. The molecule has 2 amide bonds. The monoisotopic (exact) mass is 687 g/mol. The van der Waals surface area contributed by atoms with E-state index < -0.39 is 0 Å². The van der Waals surface area contributed by atoms with Crippen LogP contribution in [0.4, 0.5) is 5.69 Å². The minimum Gasteiger partial charge on any atom is -0.436 e. The second-order valence-electron chi connectivity index (χ2n) is 14.2. The molecule has 10 heteroatoms. The van der Waals surface area contributed by atoms with E-state index >= 15 is 0 Å². The fourth-order valence-electron chi connectivity index (χ4n) is 7.39. The lowest BCUT2D eigenvalue weighted by molar-refractivity contribution is -0.133. The van der Waals surface area contributed by atoms with E-state index in [1.165, 1.54) is 42.5 Å². The van der Waals surface area contributed by atoms with Gasteiger partial charge in [0.25, 0.3) is 5.91 Å². The Balaban J connectivity index is 0.948. The quantitative estimate of drug-likeness (QED) is 0.132. The lowest BCUT2D eigenvalue weighted by Gasteiger charge is -2.36. The average Bonchev–Trinajstić information content (AvgIpc) is 3.91. The normalized spacial score (nSPS) is 16.8. The van der Waals surface area contributed by atoms with Crippen LogP contribution >= 0.6 is 0 Å². The first-order valence-corrected chi connectivity index (χ1v) is 18.7. The Kier molecular flexibility index (Phi) is 10.2. The minimum absolute atomic E-state index is 0.0190. The van der Waals surface area contributed by atoms with Crippen LogP contribution in [-0.2, 0) is 4.79 Å². The van der Waals surface area contributed by atoms with Gasteiger partial charge < -0.3 is 19.1 Å². The van der Waals surface area contributed by atoms with Gasteiger partial charge in [-0.25, -0.2) is 9.67 Å². The van der Waals surface area contributed by atoms with Gasteiger partial charge in [0, 0.05) is 61.1 Å². The Morgan fingerprint density at radius 3 is 2.29 bits per heavy atom. The number of fused-ring (bicyclic) bond motifs is 1. The number of unbranched alkanes of at least 4 members (excludes halogenated alkanes) is 2. The summed E-state index contributed by atoms with van der Waals surface area (Å²) < 4.78 is 7.76. The molecule has 0 bridgehead atoms. The van der Waals surface area contributed by atoms with Gasteiger partial charge in [0.15, 0.2) is 5.58 Å². The van der Waals surface area contributed by atoms with E-state index in [0.717, 1.165) is 42.8 Å². The molecule has 266 valence electrons. The van der Waals surface area contributed by atoms with Gasteiger partial charge in [0.05, 0.1) is 6.20 Å². The molecular weight excluding hydrogens is 638 g/mol. The topological polar surface area (TPSA) is 101 Å². The second kappa shape index (κ2) is 15.1. The number of rotatable bonds is 12. The Morgan fingerprint density at radius 1 is 0.863 bits per heavy atom. The Labute approximate surface area is 300 Å². The number of hydrogen-bond donors (Lipinski definition) is 0. The molecule has 0 aliphatic carbocycles. The molecule has 2 saturated heterocycles. The van der Waals surface area contributed by atoms with E-state index in [9.17, 15) is 9.59 Å². The number of piperidine rings is 1. The number of amides is 2. The summed E-state index contributed by atoms with van der Waals surface area (Å²) in [7, 11) is 0. The molecule has 2 aromatic heterocycles. The van der Waals surface area contributed by atoms with Crippen molar-refractivity contribution in [2.45, 2.75) is 84.7 Å². The molecule has 51 heavy (non-hydrogen) atoms. The molecular formula is C41H49N7O3. The molecule has 1 atom stereocenters. The number of carbonyl (C=O) groups is 2. The lowest BCUT2D eigenvalue weighted by atomic mass is 10.0. The van der Waals surface area contributed by atoms with Gasteiger partial charge in [-0.1, -0.05) is 50.1 Å². The van der Waals surface area contributed by atoms with E-state index in [1.807, 2.05) is 40.3 Å². The van der Waals surface area contributed by atoms with Crippen molar-refractivity contribution in [3.63, 3.8) is 0 Å². The maximum atomic E-state index is 13.7. The van der Waals surface area contributed by atoms with Gasteiger partial charge in [-0.05, 0) is 99.5 Å². The van der Waals surface area contributed by atoms with Gasteiger partial charge in [-0.15, -0.1) is 5.10 Å². The number of benzene rings is 3. The second-order valence-corrected chi connectivity index (χ2v) is 14.2. The Bertz CT molecular complexity index is 1980. The molecule has 2 aliphatic rings. The third kappa shape index (κ3) is 7.27. The summed E-state index contributed by atoms with van der Waals surface area (Å²) in [5.41, 5.74) is 8.25. The summed E-state index contributed by atoms with van der Waals surface area (Å²) in [6.07, 6.45) is 8.82. The van der Waals surface area contributed by atoms with Crippen LogP contribution in [0.25, 0.3) is 33.8 Å². The summed E-state index contributed by atoms with van der Waals surface area (Å²) in [6, 6.07) is 19.9. The molecule has 0 saturated carbocycles. The first-order chi connectivity index (χ1) is 24.8. The fraction of sp³-hybridized carbons (Fsp3) is 0.439. The van der Waals surface area contributed by atoms with Crippen LogP contribution in [0, 0.1) is 13.8 Å². The molecule has 2 fully saturated rings. The molecule has 5 aromatic rings. The highest BCUT2D eigenvalue weighted by molar-refractivity contribution is 5.97. The number of nitrogens with zero attached hydrogens (tertiary/aromatic N) is 7. The smallest absolute Gasteiger partial charge is 0.253 e. The van der Waals surface area contributed by atoms with E-state index in [2.05, 4.69) is 79.3 Å². The van der Waals surface area contributed by atoms with Crippen molar-refractivity contribution in [2.75, 3.05) is 37.6 Å². The SMILES string of the molecule is CCCCN(CCCC)c1ccc(-c2cn(C3CCN(C4CCN(C(=O)c5ccc6oc(-c7ccc(C)c(C)c7)nc6c5)CC4)C3=O)nn2)cc1. The minimum atomic E-state index is -0.355. The number of anilines is 1. The molecule has 7 rings (SSSR count). The van der Waals surface area contributed by atoms with Crippen molar-refractivity contribution in [2.24, 2.45) is 0 Å². The van der Waals surface area contributed by atoms with Crippen molar-refractivity contribution in [1.29, 1.82) is 0 Å². The molecule has 0 radical (unpaired) electrons. The molecule has 0 N–H and O–H groups in total. The van der Waals surface area contributed by atoms with E-state index in [0.29, 0.717) is 48.6 Å².